The van der Waals surface area contributed by atoms with Gasteiger partial charge in [0.1, 0.15) is 5.75 Å². The van der Waals surface area contributed by atoms with Crippen molar-refractivity contribution in [2.75, 3.05) is 13.7 Å². The van der Waals surface area contributed by atoms with Crippen molar-refractivity contribution in [3.05, 3.63) is 47.3 Å². The fourth-order valence-corrected chi connectivity index (χ4v) is 2.27. The summed E-state index contributed by atoms with van der Waals surface area (Å²) in [6.45, 7) is 9.16. The number of nitrogens with zero attached hydrogens (tertiary/aromatic N) is 2. The van der Waals surface area contributed by atoms with Gasteiger partial charge in [-0.1, -0.05) is 26.0 Å². The van der Waals surface area contributed by atoms with E-state index in [1.165, 1.54) is 11.1 Å². The zero-order valence-electron chi connectivity index (χ0n) is 13.4. The molecule has 2 rings (SSSR count). The summed E-state index contributed by atoms with van der Waals surface area (Å²) in [6, 6.07) is 8.11. The Hall–Kier alpha value is -1.81. The van der Waals surface area contributed by atoms with Gasteiger partial charge in [0.05, 0.1) is 19.3 Å². The zero-order valence-corrected chi connectivity index (χ0v) is 13.4. The molecule has 0 bridgehead atoms. The number of hydrogen-bond donors (Lipinski definition) is 1. The number of ether oxygens (including phenoxy) is 1. The Balaban J connectivity index is 2.00. The van der Waals surface area contributed by atoms with Crippen LogP contribution in [-0.2, 0) is 13.1 Å². The number of aryl methyl sites for hydroxylation is 1. The molecule has 0 saturated carbocycles. The van der Waals surface area contributed by atoms with Crippen molar-refractivity contribution in [3.63, 3.8) is 0 Å². The molecule has 114 valence electrons. The molecule has 0 unspecified atom stereocenters. The number of methoxy groups -OCH3 is 1. The number of rotatable bonds is 7. The van der Waals surface area contributed by atoms with Gasteiger partial charge in [0.2, 0.25) is 0 Å². The van der Waals surface area contributed by atoms with E-state index in [0.717, 1.165) is 31.1 Å². The van der Waals surface area contributed by atoms with Crippen LogP contribution in [0.25, 0.3) is 0 Å². The van der Waals surface area contributed by atoms with Crippen LogP contribution in [0.15, 0.2) is 30.5 Å². The van der Waals surface area contributed by atoms with Gasteiger partial charge in [-0.15, -0.1) is 0 Å². The van der Waals surface area contributed by atoms with Gasteiger partial charge < -0.3 is 10.1 Å². The Morgan fingerprint density at radius 1 is 1.33 bits per heavy atom. The Morgan fingerprint density at radius 3 is 2.86 bits per heavy atom. The van der Waals surface area contributed by atoms with E-state index < -0.39 is 0 Å². The average Bonchev–Trinajstić information content (AvgIpc) is 2.79. The monoisotopic (exact) mass is 287 g/mol. The molecular formula is C17H25N3O. The minimum Gasteiger partial charge on any atom is -0.497 e. The molecule has 1 heterocycles. The van der Waals surface area contributed by atoms with E-state index in [0.29, 0.717) is 5.92 Å². The summed E-state index contributed by atoms with van der Waals surface area (Å²) in [5.74, 6) is 1.55. The third-order valence-electron chi connectivity index (χ3n) is 3.39. The first-order valence-electron chi connectivity index (χ1n) is 7.45. The maximum Gasteiger partial charge on any atom is 0.119 e. The first-order valence-corrected chi connectivity index (χ1v) is 7.45. The van der Waals surface area contributed by atoms with E-state index in [1.807, 2.05) is 22.9 Å². The standard InChI is InChI=1S/C17H25N3O/c1-13(2)9-18-10-16-12-20(19-14(16)3)11-15-6-5-7-17(8-15)21-4/h5-8,12-13,18H,9-11H2,1-4H3. The third kappa shape index (κ3) is 4.60. The topological polar surface area (TPSA) is 39.1 Å². The van der Waals surface area contributed by atoms with Gasteiger partial charge in [-0.2, -0.15) is 5.10 Å². The molecule has 1 aromatic heterocycles. The maximum atomic E-state index is 5.26. The van der Waals surface area contributed by atoms with E-state index in [-0.39, 0.29) is 0 Å². The fraction of sp³-hybridized carbons (Fsp3) is 0.471. The predicted molar refractivity (Wildman–Crippen MR) is 85.6 cm³/mol. The lowest BCUT2D eigenvalue weighted by molar-refractivity contribution is 0.414. The van der Waals surface area contributed by atoms with Gasteiger partial charge >= 0.3 is 0 Å². The van der Waals surface area contributed by atoms with E-state index in [2.05, 4.69) is 43.4 Å². The molecule has 0 radical (unpaired) electrons. The second-order valence-electron chi connectivity index (χ2n) is 5.81. The maximum absolute atomic E-state index is 5.26. The molecule has 1 aromatic carbocycles. The lowest BCUT2D eigenvalue weighted by Crippen LogP contribution is -2.19. The van der Waals surface area contributed by atoms with Crippen LogP contribution in [0.1, 0.15) is 30.7 Å². The quantitative estimate of drug-likeness (QED) is 0.851. The highest BCUT2D eigenvalue weighted by Gasteiger charge is 2.06. The molecule has 2 aromatic rings. The first kappa shape index (κ1) is 15.6. The van der Waals surface area contributed by atoms with Gasteiger partial charge in [0.15, 0.2) is 0 Å². The highest BCUT2D eigenvalue weighted by atomic mass is 16.5. The molecule has 1 N–H and O–H groups in total. The highest BCUT2D eigenvalue weighted by Crippen LogP contribution is 2.14. The number of benzene rings is 1. The van der Waals surface area contributed by atoms with Crippen LogP contribution in [-0.4, -0.2) is 23.4 Å². The largest absolute Gasteiger partial charge is 0.497 e. The summed E-state index contributed by atoms with van der Waals surface area (Å²) in [5, 5.41) is 8.06. The van der Waals surface area contributed by atoms with Gasteiger partial charge in [0, 0.05) is 18.3 Å². The highest BCUT2D eigenvalue weighted by molar-refractivity contribution is 5.28. The smallest absolute Gasteiger partial charge is 0.119 e. The second kappa shape index (κ2) is 7.27. The van der Waals surface area contributed by atoms with E-state index >= 15 is 0 Å². The molecule has 0 saturated heterocycles. The van der Waals surface area contributed by atoms with Gasteiger partial charge in [-0.3, -0.25) is 4.68 Å². The molecule has 0 atom stereocenters. The van der Waals surface area contributed by atoms with Crippen molar-refractivity contribution >= 4 is 0 Å². The number of hydrogen-bond acceptors (Lipinski definition) is 3. The summed E-state index contributed by atoms with van der Waals surface area (Å²) in [7, 11) is 1.69. The first-order chi connectivity index (χ1) is 10.1. The minimum absolute atomic E-state index is 0.664. The Labute approximate surface area is 127 Å². The van der Waals surface area contributed by atoms with Gasteiger partial charge in [0.25, 0.3) is 0 Å². The summed E-state index contributed by atoms with van der Waals surface area (Å²) in [4.78, 5) is 0. The molecule has 0 aliphatic carbocycles. The molecule has 21 heavy (non-hydrogen) atoms. The van der Waals surface area contributed by atoms with Crippen molar-refractivity contribution in [2.24, 2.45) is 5.92 Å². The van der Waals surface area contributed by atoms with Crippen molar-refractivity contribution in [3.8, 4) is 5.75 Å². The van der Waals surface area contributed by atoms with Crippen molar-refractivity contribution < 1.29 is 4.74 Å². The van der Waals surface area contributed by atoms with Crippen LogP contribution in [0.5, 0.6) is 5.75 Å². The Bertz CT molecular complexity index is 575. The molecule has 0 aliphatic heterocycles. The molecule has 0 amide bonds. The summed E-state index contributed by atoms with van der Waals surface area (Å²) in [5.41, 5.74) is 3.55. The zero-order chi connectivity index (χ0) is 15.2. The van der Waals surface area contributed by atoms with Crippen molar-refractivity contribution in [1.29, 1.82) is 0 Å². The molecular weight excluding hydrogens is 262 g/mol. The van der Waals surface area contributed by atoms with Crippen LogP contribution < -0.4 is 10.1 Å². The van der Waals surface area contributed by atoms with Crippen LogP contribution in [0.4, 0.5) is 0 Å². The number of nitrogens with one attached hydrogen (secondary N) is 1. The minimum atomic E-state index is 0.664. The molecule has 0 aliphatic rings. The predicted octanol–water partition coefficient (Wildman–Crippen LogP) is 2.99. The molecule has 4 heteroatoms. The fourth-order valence-electron chi connectivity index (χ4n) is 2.27. The molecule has 0 fully saturated rings. The van der Waals surface area contributed by atoms with Crippen LogP contribution >= 0.6 is 0 Å². The Kier molecular flexibility index (Phi) is 5.39. The van der Waals surface area contributed by atoms with E-state index in [1.54, 1.807) is 7.11 Å². The lowest BCUT2D eigenvalue weighted by Gasteiger charge is -2.06. The Morgan fingerprint density at radius 2 is 2.14 bits per heavy atom. The summed E-state index contributed by atoms with van der Waals surface area (Å²) >= 11 is 0. The SMILES string of the molecule is COc1cccc(Cn2cc(CNCC(C)C)c(C)n2)c1. The van der Waals surface area contributed by atoms with Crippen LogP contribution in [0.2, 0.25) is 0 Å². The van der Waals surface area contributed by atoms with Crippen LogP contribution in [0.3, 0.4) is 0 Å². The van der Waals surface area contributed by atoms with E-state index in [4.69, 9.17) is 4.74 Å². The number of aromatic nitrogens is 2. The third-order valence-corrected chi connectivity index (χ3v) is 3.39. The van der Waals surface area contributed by atoms with Crippen molar-refractivity contribution in [1.82, 2.24) is 15.1 Å². The summed E-state index contributed by atoms with van der Waals surface area (Å²) < 4.78 is 7.25. The van der Waals surface area contributed by atoms with E-state index in [9.17, 15) is 0 Å². The second-order valence-corrected chi connectivity index (χ2v) is 5.81. The molecule has 0 spiro atoms. The summed E-state index contributed by atoms with van der Waals surface area (Å²) in [6.07, 6.45) is 2.13. The van der Waals surface area contributed by atoms with Gasteiger partial charge in [-0.05, 0) is 37.1 Å². The van der Waals surface area contributed by atoms with Gasteiger partial charge in [-0.25, -0.2) is 0 Å². The average molecular weight is 287 g/mol. The van der Waals surface area contributed by atoms with Crippen LogP contribution in [0, 0.1) is 12.8 Å². The lowest BCUT2D eigenvalue weighted by atomic mass is 10.2. The van der Waals surface area contributed by atoms with Crippen molar-refractivity contribution in [2.45, 2.75) is 33.9 Å². The normalized spacial score (nSPS) is 11.1. The molecule has 4 nitrogen and oxygen atoms in total.